The quantitative estimate of drug-likeness (QED) is 0.722. The summed E-state index contributed by atoms with van der Waals surface area (Å²) in [6.45, 7) is 10.4. The molecule has 0 bridgehead atoms. The third-order valence-corrected chi connectivity index (χ3v) is 8.89. The second-order valence-electron chi connectivity index (χ2n) is 5.98. The minimum absolute atomic E-state index is 0.244. The first-order chi connectivity index (χ1) is 7.73. The molecule has 0 atom stereocenters. The van der Waals surface area contributed by atoms with E-state index in [4.69, 9.17) is 4.52 Å². The Morgan fingerprint density at radius 1 is 1.06 bits per heavy atom. The van der Waals surface area contributed by atoms with Crippen LogP contribution in [0.2, 0.25) is 0 Å². The van der Waals surface area contributed by atoms with Gasteiger partial charge in [-0.2, -0.15) is 0 Å². The summed E-state index contributed by atoms with van der Waals surface area (Å²) in [6.07, 6.45) is 0. The molecular weight excluding hydrogens is 231 g/mol. The van der Waals surface area contributed by atoms with Crippen molar-refractivity contribution in [2.75, 3.05) is 0 Å². The van der Waals surface area contributed by atoms with Gasteiger partial charge in [-0.15, -0.1) is 0 Å². The van der Waals surface area contributed by atoms with E-state index >= 15 is 0 Å². The molecule has 2 nitrogen and oxygen atoms in total. The Bertz CT molecular complexity index is 442. The summed E-state index contributed by atoms with van der Waals surface area (Å²) in [5.74, 6) is 1.11. The number of para-hydroxylation sites is 1. The molecule has 0 N–H and O–H groups in total. The zero-order valence-corrected chi connectivity index (χ0v) is 12.1. The van der Waals surface area contributed by atoms with Crippen LogP contribution in [0, 0.1) is 5.92 Å². The average Bonchev–Trinajstić information content (AvgIpc) is 2.28. The van der Waals surface area contributed by atoms with E-state index in [1.807, 2.05) is 58.0 Å². The topological polar surface area (TPSA) is 26.3 Å². The van der Waals surface area contributed by atoms with Crippen LogP contribution in [0.15, 0.2) is 30.3 Å². The molecule has 1 aliphatic rings. The van der Waals surface area contributed by atoms with Gasteiger partial charge in [-0.1, -0.05) is 25.1 Å². The molecule has 0 spiro atoms. The fourth-order valence-electron chi connectivity index (χ4n) is 2.92. The van der Waals surface area contributed by atoms with Gasteiger partial charge >= 0.3 is 0 Å². The molecule has 1 aromatic carbocycles. The van der Waals surface area contributed by atoms with Gasteiger partial charge in [0.05, 0.1) is 10.3 Å². The fraction of sp³-hybridized carbons (Fsp3) is 0.571. The van der Waals surface area contributed by atoms with Crippen molar-refractivity contribution in [2.24, 2.45) is 5.92 Å². The highest BCUT2D eigenvalue weighted by atomic mass is 31.2. The molecule has 0 aromatic heterocycles. The average molecular weight is 252 g/mol. The van der Waals surface area contributed by atoms with E-state index < -0.39 is 7.37 Å². The molecule has 3 heteroatoms. The van der Waals surface area contributed by atoms with Gasteiger partial charge in [0.25, 0.3) is 7.37 Å². The van der Waals surface area contributed by atoms with E-state index in [-0.39, 0.29) is 10.3 Å². The highest BCUT2D eigenvalue weighted by Gasteiger charge is 2.70. The predicted molar refractivity (Wildman–Crippen MR) is 72.0 cm³/mol. The minimum Gasteiger partial charge on any atom is -0.442 e. The predicted octanol–water partition coefficient (Wildman–Crippen LogP) is 4.55. The van der Waals surface area contributed by atoms with E-state index in [0.717, 1.165) is 0 Å². The number of rotatable bonds is 2. The van der Waals surface area contributed by atoms with Crippen molar-refractivity contribution >= 4 is 7.37 Å². The monoisotopic (exact) mass is 252 g/mol. The summed E-state index contributed by atoms with van der Waals surface area (Å²) in [6, 6.07) is 9.49. The number of hydrogen-bond acceptors (Lipinski definition) is 2. The van der Waals surface area contributed by atoms with Gasteiger partial charge in [-0.05, 0) is 45.7 Å². The van der Waals surface area contributed by atoms with Crippen LogP contribution in [0.3, 0.4) is 0 Å². The van der Waals surface area contributed by atoms with E-state index in [1.165, 1.54) is 0 Å². The molecule has 0 aliphatic carbocycles. The van der Waals surface area contributed by atoms with Gasteiger partial charge in [0.2, 0.25) is 0 Å². The number of benzene rings is 1. The van der Waals surface area contributed by atoms with Gasteiger partial charge in [0, 0.05) is 0 Å². The van der Waals surface area contributed by atoms with Crippen molar-refractivity contribution in [3.8, 4) is 5.75 Å². The lowest BCUT2D eigenvalue weighted by molar-refractivity contribution is 0.228. The lowest BCUT2D eigenvalue weighted by Gasteiger charge is -2.60. The Morgan fingerprint density at radius 3 is 2.00 bits per heavy atom. The van der Waals surface area contributed by atoms with Gasteiger partial charge < -0.3 is 4.52 Å². The maximum Gasteiger partial charge on any atom is 0.259 e. The summed E-state index contributed by atoms with van der Waals surface area (Å²) >= 11 is 0. The first kappa shape index (κ1) is 12.7. The second kappa shape index (κ2) is 3.62. The molecule has 1 fully saturated rings. The van der Waals surface area contributed by atoms with Crippen molar-refractivity contribution in [3.05, 3.63) is 30.3 Å². The van der Waals surface area contributed by atoms with Crippen LogP contribution < -0.4 is 4.52 Å². The first-order valence-corrected chi connectivity index (χ1v) is 7.71. The van der Waals surface area contributed by atoms with Crippen LogP contribution in [-0.4, -0.2) is 10.3 Å². The van der Waals surface area contributed by atoms with Gasteiger partial charge in [0.1, 0.15) is 5.75 Å². The first-order valence-electron chi connectivity index (χ1n) is 6.08. The summed E-state index contributed by atoms with van der Waals surface area (Å²) in [5, 5.41) is -0.487. The van der Waals surface area contributed by atoms with Crippen LogP contribution in [-0.2, 0) is 4.57 Å². The summed E-state index contributed by atoms with van der Waals surface area (Å²) in [7, 11) is -2.68. The molecule has 0 radical (unpaired) electrons. The second-order valence-corrected chi connectivity index (χ2v) is 9.58. The van der Waals surface area contributed by atoms with Crippen LogP contribution >= 0.6 is 7.37 Å². The van der Waals surface area contributed by atoms with Crippen molar-refractivity contribution in [2.45, 2.75) is 44.9 Å². The van der Waals surface area contributed by atoms with E-state index in [1.54, 1.807) is 0 Å². The van der Waals surface area contributed by atoms with Crippen LogP contribution in [0.4, 0.5) is 0 Å². The van der Waals surface area contributed by atoms with Gasteiger partial charge in [-0.3, -0.25) is 4.57 Å². The Labute approximate surface area is 104 Å². The maximum absolute atomic E-state index is 13.1. The Balaban J connectivity index is 2.35. The van der Waals surface area contributed by atoms with E-state index in [0.29, 0.717) is 11.7 Å². The third kappa shape index (κ3) is 1.50. The van der Waals surface area contributed by atoms with Crippen LogP contribution in [0.5, 0.6) is 5.75 Å². The van der Waals surface area contributed by atoms with Gasteiger partial charge in [-0.25, -0.2) is 0 Å². The summed E-state index contributed by atoms with van der Waals surface area (Å²) in [5.41, 5.74) is 0. The zero-order valence-electron chi connectivity index (χ0n) is 11.2. The lowest BCUT2D eigenvalue weighted by Crippen LogP contribution is -2.58. The lowest BCUT2D eigenvalue weighted by atomic mass is 9.83. The summed E-state index contributed by atoms with van der Waals surface area (Å²) in [4.78, 5) is 0. The Morgan fingerprint density at radius 2 is 1.53 bits per heavy atom. The Hall–Kier alpha value is -0.750. The molecule has 1 heterocycles. The Kier molecular flexibility index (Phi) is 2.70. The molecule has 2 rings (SSSR count). The molecule has 0 unspecified atom stereocenters. The smallest absolute Gasteiger partial charge is 0.259 e. The fourth-order valence-corrected chi connectivity index (χ4v) is 6.75. The highest BCUT2D eigenvalue weighted by Crippen LogP contribution is 2.81. The van der Waals surface area contributed by atoms with Gasteiger partial charge in [0.15, 0.2) is 0 Å². The molecule has 1 aliphatic heterocycles. The maximum atomic E-state index is 13.1. The standard InChI is InChI=1S/C14H21O2P/c1-11-13(2,3)17(15,14(11,4)5)16-12-9-7-6-8-10-12/h6-11H,1-5H3. The third-order valence-electron chi connectivity index (χ3n) is 4.61. The highest BCUT2D eigenvalue weighted by molar-refractivity contribution is 7.64. The molecular formula is C14H21O2P. The molecule has 17 heavy (non-hydrogen) atoms. The van der Waals surface area contributed by atoms with E-state index in [2.05, 4.69) is 6.92 Å². The molecule has 0 amide bonds. The molecule has 1 saturated heterocycles. The van der Waals surface area contributed by atoms with Crippen LogP contribution in [0.25, 0.3) is 0 Å². The molecule has 94 valence electrons. The van der Waals surface area contributed by atoms with Crippen molar-refractivity contribution in [1.29, 1.82) is 0 Å². The normalized spacial score (nSPS) is 33.8. The SMILES string of the molecule is CC1C(C)(C)P(=O)(Oc2ccccc2)C1(C)C. The summed E-state index contributed by atoms with van der Waals surface area (Å²) < 4.78 is 19.0. The largest absolute Gasteiger partial charge is 0.442 e. The van der Waals surface area contributed by atoms with Crippen LogP contribution in [0.1, 0.15) is 34.6 Å². The molecule has 0 saturated carbocycles. The van der Waals surface area contributed by atoms with Crippen molar-refractivity contribution in [3.63, 3.8) is 0 Å². The van der Waals surface area contributed by atoms with Crippen molar-refractivity contribution < 1.29 is 9.09 Å². The van der Waals surface area contributed by atoms with E-state index in [9.17, 15) is 4.57 Å². The minimum atomic E-state index is -2.68. The zero-order chi connectivity index (χ0) is 12.9. The van der Waals surface area contributed by atoms with Crippen molar-refractivity contribution in [1.82, 2.24) is 0 Å². The molecule has 1 aromatic rings. The number of hydrogen-bond donors (Lipinski definition) is 0.